The number of carbonyl (C=O) groups excluding carboxylic acids is 3. The Morgan fingerprint density at radius 1 is 0.424 bits per heavy atom. The highest BCUT2D eigenvalue weighted by atomic mass is 16.5. The van der Waals surface area contributed by atoms with Gasteiger partial charge in [0.2, 0.25) is 0 Å². The summed E-state index contributed by atoms with van der Waals surface area (Å²) in [5, 5.41) is 9.46. The van der Waals surface area contributed by atoms with E-state index in [-0.39, 0.29) is 30.9 Å². The smallest absolute Gasteiger partial charge is 0.251 e. The number of benzene rings is 6. The van der Waals surface area contributed by atoms with Crippen molar-refractivity contribution in [1.82, 2.24) is 13.7 Å². The second-order valence-electron chi connectivity index (χ2n) is 21.6. The Hall–Kier alpha value is -9.03. The van der Waals surface area contributed by atoms with Crippen LogP contribution in [0.5, 0.6) is 17.2 Å². The molecule has 0 unspecified atom stereocenters. The third-order valence-electron chi connectivity index (χ3n) is 15.8. The van der Waals surface area contributed by atoms with Gasteiger partial charge >= 0.3 is 0 Å². The summed E-state index contributed by atoms with van der Waals surface area (Å²) in [6.07, 6.45) is 6.11. The molecular weight excluding hydrogens is 1060 g/mol. The summed E-state index contributed by atoms with van der Waals surface area (Å²) in [5.74, 6) is 0.861. The number of amides is 3. The summed E-state index contributed by atoms with van der Waals surface area (Å²) in [5.41, 5.74) is 38.8. The fraction of sp³-hybridized carbons (Fsp3) is 0.301. The molecule has 0 aliphatic rings. The van der Waals surface area contributed by atoms with Gasteiger partial charge in [0.05, 0.1) is 30.9 Å². The van der Waals surface area contributed by atoms with Crippen molar-refractivity contribution in [2.24, 2.45) is 17.2 Å². The van der Waals surface area contributed by atoms with Crippen molar-refractivity contribution in [2.45, 2.75) is 134 Å². The molecular formula is C73H88N6O6. The molecule has 0 radical (unpaired) electrons. The van der Waals surface area contributed by atoms with E-state index >= 15 is 0 Å². The van der Waals surface area contributed by atoms with Crippen LogP contribution in [0, 0.1) is 41.5 Å². The van der Waals surface area contributed by atoms with E-state index in [4.69, 9.17) is 26.7 Å². The number of nitrogens with zero attached hydrogens (tertiary/aromatic N) is 3. The fourth-order valence-corrected chi connectivity index (χ4v) is 11.7. The quantitative estimate of drug-likeness (QED) is 0.0555. The Balaban J connectivity index is 0.000000203. The van der Waals surface area contributed by atoms with Crippen LogP contribution in [-0.2, 0) is 58.2 Å². The summed E-state index contributed by atoms with van der Waals surface area (Å²) in [6, 6.07) is 48.3. The van der Waals surface area contributed by atoms with E-state index in [9.17, 15) is 19.5 Å². The predicted molar refractivity (Wildman–Crippen MR) is 348 cm³/mol. The molecule has 0 spiro atoms. The van der Waals surface area contributed by atoms with Crippen LogP contribution in [0.15, 0.2) is 146 Å². The van der Waals surface area contributed by atoms with E-state index in [0.29, 0.717) is 16.7 Å². The molecule has 12 heteroatoms. The van der Waals surface area contributed by atoms with Crippen LogP contribution in [0.2, 0.25) is 0 Å². The zero-order chi connectivity index (χ0) is 60.8. The number of phenolic OH excluding ortho intramolecular Hbond substituents is 1. The molecule has 446 valence electrons. The highest BCUT2D eigenvalue weighted by Gasteiger charge is 2.27. The van der Waals surface area contributed by atoms with E-state index in [1.165, 1.54) is 27.9 Å². The van der Waals surface area contributed by atoms with Crippen LogP contribution in [0.1, 0.15) is 133 Å². The number of carbonyl (C=O) groups is 3. The van der Waals surface area contributed by atoms with Crippen molar-refractivity contribution in [3.05, 3.63) is 230 Å². The Bertz CT molecular complexity index is 3730. The first-order valence-electron chi connectivity index (χ1n) is 29.1. The third kappa shape index (κ3) is 15.4. The highest BCUT2D eigenvalue weighted by Crippen LogP contribution is 2.37. The third-order valence-corrected chi connectivity index (χ3v) is 15.8. The maximum Gasteiger partial charge on any atom is 0.251 e. The van der Waals surface area contributed by atoms with Gasteiger partial charge in [0, 0.05) is 70.5 Å². The first-order chi connectivity index (χ1) is 40.3. The summed E-state index contributed by atoms with van der Waals surface area (Å²) >= 11 is 0. The molecule has 0 fully saturated rings. The minimum atomic E-state index is -0.387. The van der Waals surface area contributed by atoms with Crippen LogP contribution in [0.3, 0.4) is 0 Å². The lowest BCUT2D eigenvalue weighted by atomic mass is 9.97. The molecule has 3 amide bonds. The highest BCUT2D eigenvalue weighted by molar-refractivity contribution is 6.04. The standard InChI is InChI=1S/C25H30N2O2.C24H28N2O2.C23H26N2O2.CH4/c1-5-7-22-24(20-9-6-8-17(2)16-20)23(25(26)28)18(3)27(22)15-14-19-10-12-21(29-4)13-11-19;1-5-21-23(19-8-6-7-16(2)15-19)22(24(25)27)17(3)26(21)14-13-18-9-11-20(28-4)12-10-18;1-4-20-22(18-7-5-6-15(2)14-18)21(23(24)27)16(3)25(20)13-12-17-8-10-19(26)11-9-17;/h6,8-13,16H,5,7,14-15H2,1-4H3,(H2,26,28);6-12,15H,5,13-14H2,1-4H3,(H2,25,27);5-11,14,26H,4,12-13H2,1-3H3,(H2,24,27);1H4. The largest absolute Gasteiger partial charge is 0.508 e. The Morgan fingerprint density at radius 3 is 0.988 bits per heavy atom. The molecule has 9 rings (SSSR count). The number of rotatable bonds is 21. The zero-order valence-electron chi connectivity index (χ0n) is 51.0. The van der Waals surface area contributed by atoms with Crippen LogP contribution in [0.25, 0.3) is 33.4 Å². The fourth-order valence-electron chi connectivity index (χ4n) is 11.7. The molecule has 0 saturated carbocycles. The average molecular weight is 1150 g/mol. The molecule has 3 heterocycles. The van der Waals surface area contributed by atoms with Crippen molar-refractivity contribution in [1.29, 1.82) is 0 Å². The Kier molecular flexibility index (Phi) is 23.0. The van der Waals surface area contributed by atoms with E-state index in [0.717, 1.165) is 149 Å². The van der Waals surface area contributed by atoms with Crippen molar-refractivity contribution in [3.63, 3.8) is 0 Å². The van der Waals surface area contributed by atoms with Gasteiger partial charge in [0.1, 0.15) is 17.2 Å². The summed E-state index contributed by atoms with van der Waals surface area (Å²) < 4.78 is 17.2. The van der Waals surface area contributed by atoms with Crippen LogP contribution in [-0.4, -0.2) is 50.7 Å². The normalized spacial score (nSPS) is 10.8. The number of aromatic nitrogens is 3. The van der Waals surface area contributed by atoms with Crippen molar-refractivity contribution >= 4 is 17.7 Å². The SMILES string of the molecule is C.CCCc1c(-c2cccc(C)c2)c(C(N)=O)c(C)n1CCc1ccc(OC)cc1.CCc1c(-c2cccc(C)c2)c(C(N)=O)c(C)n1CCc1ccc(O)cc1.CCc1c(-c2cccc(C)c2)c(C(N)=O)c(C)n1CCc1ccc(OC)cc1. The van der Waals surface area contributed by atoms with E-state index in [2.05, 4.69) is 115 Å². The van der Waals surface area contributed by atoms with E-state index in [1.54, 1.807) is 26.4 Å². The predicted octanol–water partition coefficient (Wildman–Crippen LogP) is 14.8. The minimum absolute atomic E-state index is 0. The maximum absolute atomic E-state index is 12.4. The second-order valence-corrected chi connectivity index (χ2v) is 21.6. The van der Waals surface area contributed by atoms with Gasteiger partial charge in [-0.05, 0) is 150 Å². The van der Waals surface area contributed by atoms with E-state index < -0.39 is 0 Å². The molecule has 0 saturated heterocycles. The number of primary amides is 3. The van der Waals surface area contributed by atoms with Crippen molar-refractivity contribution in [3.8, 4) is 50.6 Å². The number of methoxy groups -OCH3 is 2. The molecule has 6 aromatic carbocycles. The maximum atomic E-state index is 12.4. The molecule has 9 aromatic rings. The van der Waals surface area contributed by atoms with Gasteiger partial charge in [-0.25, -0.2) is 0 Å². The average Bonchev–Trinajstić information content (AvgIpc) is 2.03. The number of aryl methyl sites for hydroxylation is 6. The van der Waals surface area contributed by atoms with E-state index in [1.807, 2.05) is 94.4 Å². The Morgan fingerprint density at radius 2 is 0.718 bits per heavy atom. The van der Waals surface area contributed by atoms with Crippen LogP contribution >= 0.6 is 0 Å². The molecule has 0 atom stereocenters. The Labute approximate surface area is 504 Å². The number of nitrogens with two attached hydrogens (primary N) is 3. The van der Waals surface area contributed by atoms with Crippen molar-refractivity contribution < 1.29 is 29.0 Å². The first kappa shape index (κ1) is 65.1. The van der Waals surface area contributed by atoms with Crippen LogP contribution in [0.4, 0.5) is 0 Å². The number of hydrogen-bond acceptors (Lipinski definition) is 6. The zero-order valence-corrected chi connectivity index (χ0v) is 51.0. The summed E-state index contributed by atoms with van der Waals surface area (Å²) in [6.45, 7) is 20.9. The molecule has 12 nitrogen and oxygen atoms in total. The first-order valence-corrected chi connectivity index (χ1v) is 29.1. The molecule has 0 aliphatic heterocycles. The number of phenols is 1. The molecule has 85 heavy (non-hydrogen) atoms. The lowest BCUT2D eigenvalue weighted by molar-refractivity contribution is 0.0991. The van der Waals surface area contributed by atoms with Gasteiger partial charge in [-0.3, -0.25) is 14.4 Å². The number of hydrogen-bond donors (Lipinski definition) is 4. The lowest BCUT2D eigenvalue weighted by Crippen LogP contribution is -2.14. The van der Waals surface area contributed by atoms with Gasteiger partial charge in [-0.2, -0.15) is 0 Å². The van der Waals surface area contributed by atoms with Gasteiger partial charge in [0.15, 0.2) is 0 Å². The minimum Gasteiger partial charge on any atom is -0.508 e. The molecule has 0 bridgehead atoms. The molecule has 0 aliphatic carbocycles. The monoisotopic (exact) mass is 1140 g/mol. The van der Waals surface area contributed by atoms with Gasteiger partial charge in [-0.15, -0.1) is 0 Å². The van der Waals surface area contributed by atoms with Gasteiger partial charge in [-0.1, -0.05) is 161 Å². The topological polar surface area (TPSA) is 183 Å². The number of aromatic hydroxyl groups is 1. The van der Waals surface area contributed by atoms with Gasteiger partial charge < -0.3 is 45.5 Å². The number of ether oxygens (including phenoxy) is 2. The lowest BCUT2D eigenvalue weighted by Gasteiger charge is -2.13. The summed E-state index contributed by atoms with van der Waals surface area (Å²) in [4.78, 5) is 37.0. The molecule has 3 aromatic heterocycles. The van der Waals surface area contributed by atoms with Gasteiger partial charge in [0.25, 0.3) is 17.7 Å². The molecule has 7 N–H and O–H groups in total. The second kappa shape index (κ2) is 30.0. The van der Waals surface area contributed by atoms with Crippen LogP contribution < -0.4 is 26.7 Å². The van der Waals surface area contributed by atoms with Crippen molar-refractivity contribution in [2.75, 3.05) is 14.2 Å². The summed E-state index contributed by atoms with van der Waals surface area (Å²) in [7, 11) is 3.34.